The van der Waals surface area contributed by atoms with Gasteiger partial charge in [0.1, 0.15) is 25.6 Å². The Morgan fingerprint density at radius 1 is 1.19 bits per heavy atom. The van der Waals surface area contributed by atoms with E-state index in [0.717, 1.165) is 31.4 Å². The Kier molecular flexibility index (Phi) is 7.57. The minimum absolute atomic E-state index is 0.0505. The molecule has 0 aliphatic heterocycles. The second kappa shape index (κ2) is 9.67. The van der Waals surface area contributed by atoms with Crippen molar-refractivity contribution in [3.05, 3.63) is 24.3 Å². The van der Waals surface area contributed by atoms with Crippen LogP contribution < -0.4 is 16.1 Å². The first kappa shape index (κ1) is 21.1. The fourth-order valence-electron chi connectivity index (χ4n) is 2.91. The number of ether oxygens (including phenoxy) is 2. The van der Waals surface area contributed by atoms with Crippen LogP contribution in [0.1, 0.15) is 52.9 Å². The number of esters is 1. The number of amides is 1. The zero-order chi connectivity index (χ0) is 19.9. The van der Waals surface area contributed by atoms with Crippen molar-refractivity contribution in [3.8, 4) is 0 Å². The SMILES string of the molecule is [B]c1ccc(NCC[C@H](NC(=O)OC(C)(C)C)C(=O)OC2CCCC2)cc1. The number of alkyl carbamates (subject to hydrolysis) is 1. The quantitative estimate of drug-likeness (QED) is 0.569. The van der Waals surface area contributed by atoms with Gasteiger partial charge in [-0.1, -0.05) is 17.6 Å². The average Bonchev–Trinajstić information content (AvgIpc) is 3.07. The number of hydrogen-bond donors (Lipinski definition) is 2. The van der Waals surface area contributed by atoms with Gasteiger partial charge in [-0.25, -0.2) is 9.59 Å². The molecule has 2 rings (SSSR count). The molecule has 2 radical (unpaired) electrons. The molecule has 6 nitrogen and oxygen atoms in total. The van der Waals surface area contributed by atoms with E-state index in [0.29, 0.717) is 18.4 Å². The molecule has 1 aliphatic carbocycles. The smallest absolute Gasteiger partial charge is 0.408 e. The molecule has 0 heterocycles. The van der Waals surface area contributed by atoms with Crippen molar-refractivity contribution >= 4 is 31.1 Å². The number of carbonyl (C=O) groups excluding carboxylic acids is 2. The predicted molar refractivity (Wildman–Crippen MR) is 106 cm³/mol. The summed E-state index contributed by atoms with van der Waals surface area (Å²) in [7, 11) is 5.68. The molecule has 7 heteroatoms. The molecule has 1 fully saturated rings. The normalized spacial score (nSPS) is 15.8. The Bertz CT molecular complexity index is 622. The Balaban J connectivity index is 1.91. The van der Waals surface area contributed by atoms with E-state index in [1.165, 1.54) is 0 Å². The molecule has 27 heavy (non-hydrogen) atoms. The first-order valence-electron chi connectivity index (χ1n) is 9.52. The molecule has 1 atom stereocenters. The molecule has 0 aromatic heterocycles. The number of rotatable bonds is 7. The lowest BCUT2D eigenvalue weighted by atomic mass is 9.96. The molecule has 1 aliphatic rings. The molecule has 0 saturated heterocycles. The topological polar surface area (TPSA) is 76.7 Å². The van der Waals surface area contributed by atoms with Crippen molar-refractivity contribution in [1.82, 2.24) is 5.32 Å². The maximum absolute atomic E-state index is 12.6. The van der Waals surface area contributed by atoms with Gasteiger partial charge < -0.3 is 20.1 Å². The van der Waals surface area contributed by atoms with E-state index in [1.807, 2.05) is 12.1 Å². The first-order chi connectivity index (χ1) is 12.7. The molecule has 0 bridgehead atoms. The van der Waals surface area contributed by atoms with Crippen LogP contribution in [0.5, 0.6) is 0 Å². The number of anilines is 1. The minimum Gasteiger partial charge on any atom is -0.461 e. The van der Waals surface area contributed by atoms with Crippen LogP contribution in [0, 0.1) is 0 Å². The highest BCUT2D eigenvalue weighted by Crippen LogP contribution is 2.21. The summed E-state index contributed by atoms with van der Waals surface area (Å²) in [5.74, 6) is -0.410. The number of benzene rings is 1. The number of nitrogens with one attached hydrogen (secondary N) is 2. The largest absolute Gasteiger partial charge is 0.461 e. The van der Waals surface area contributed by atoms with E-state index >= 15 is 0 Å². The molecule has 0 unspecified atom stereocenters. The van der Waals surface area contributed by atoms with Crippen LogP contribution >= 0.6 is 0 Å². The third-order valence-electron chi connectivity index (χ3n) is 4.23. The number of hydrogen-bond acceptors (Lipinski definition) is 5. The second-order valence-corrected chi connectivity index (χ2v) is 7.88. The van der Waals surface area contributed by atoms with Crippen molar-refractivity contribution in [2.75, 3.05) is 11.9 Å². The number of carbonyl (C=O) groups is 2. The fraction of sp³-hybridized carbons (Fsp3) is 0.600. The van der Waals surface area contributed by atoms with E-state index in [2.05, 4.69) is 10.6 Å². The summed E-state index contributed by atoms with van der Waals surface area (Å²) >= 11 is 0. The Labute approximate surface area is 162 Å². The van der Waals surface area contributed by atoms with E-state index in [-0.39, 0.29) is 6.10 Å². The van der Waals surface area contributed by atoms with Crippen LogP contribution in [0.3, 0.4) is 0 Å². The molecular formula is C20H29BN2O4. The summed E-state index contributed by atoms with van der Waals surface area (Å²) in [5, 5.41) is 5.86. The van der Waals surface area contributed by atoms with E-state index in [9.17, 15) is 9.59 Å². The van der Waals surface area contributed by atoms with Crippen molar-refractivity contribution in [2.24, 2.45) is 0 Å². The standard InChI is InChI=1S/C20H29BN2O4/c1-20(2,3)27-19(25)23-17(18(24)26-16-6-4-5-7-16)12-13-22-15-10-8-14(21)9-11-15/h8-11,16-17,22H,4-7,12-13H2,1-3H3,(H,23,25)/t17-/m0/s1. The minimum atomic E-state index is -0.762. The van der Waals surface area contributed by atoms with Crippen LogP contribution in [0.25, 0.3) is 0 Å². The van der Waals surface area contributed by atoms with E-state index in [1.54, 1.807) is 32.9 Å². The van der Waals surface area contributed by atoms with Crippen LogP contribution in [0.4, 0.5) is 10.5 Å². The average molecular weight is 372 g/mol. The van der Waals surface area contributed by atoms with Gasteiger partial charge in [-0.15, -0.1) is 0 Å². The van der Waals surface area contributed by atoms with Crippen molar-refractivity contribution in [2.45, 2.75) is 70.6 Å². The summed E-state index contributed by atoms with van der Waals surface area (Å²) in [4.78, 5) is 24.7. The van der Waals surface area contributed by atoms with Gasteiger partial charge in [-0.05, 0) is 65.0 Å². The third-order valence-corrected chi connectivity index (χ3v) is 4.23. The molecule has 146 valence electrons. The van der Waals surface area contributed by atoms with Gasteiger partial charge in [0, 0.05) is 12.2 Å². The molecule has 1 amide bonds. The van der Waals surface area contributed by atoms with Gasteiger partial charge in [-0.2, -0.15) is 0 Å². The van der Waals surface area contributed by atoms with Gasteiger partial charge >= 0.3 is 12.1 Å². The maximum atomic E-state index is 12.6. The van der Waals surface area contributed by atoms with Gasteiger partial charge in [0.2, 0.25) is 0 Å². The molecule has 1 aromatic carbocycles. The fourth-order valence-corrected chi connectivity index (χ4v) is 2.91. The Morgan fingerprint density at radius 3 is 2.41 bits per heavy atom. The highest BCUT2D eigenvalue weighted by molar-refractivity contribution is 6.32. The van der Waals surface area contributed by atoms with Crippen LogP contribution in [0.2, 0.25) is 0 Å². The van der Waals surface area contributed by atoms with Crippen molar-refractivity contribution < 1.29 is 19.1 Å². The highest BCUT2D eigenvalue weighted by Gasteiger charge is 2.28. The lowest BCUT2D eigenvalue weighted by Crippen LogP contribution is -2.45. The molecule has 1 aromatic rings. The van der Waals surface area contributed by atoms with Crippen LogP contribution in [-0.2, 0) is 14.3 Å². The van der Waals surface area contributed by atoms with Gasteiger partial charge in [0.15, 0.2) is 0 Å². The lowest BCUT2D eigenvalue weighted by molar-refractivity contribution is -0.151. The molecule has 0 spiro atoms. The summed E-state index contributed by atoms with van der Waals surface area (Å²) < 4.78 is 10.8. The molecular weight excluding hydrogens is 343 g/mol. The lowest BCUT2D eigenvalue weighted by Gasteiger charge is -2.24. The van der Waals surface area contributed by atoms with Crippen LogP contribution in [0.15, 0.2) is 24.3 Å². The van der Waals surface area contributed by atoms with Gasteiger partial charge in [0.05, 0.1) is 0 Å². The predicted octanol–water partition coefficient (Wildman–Crippen LogP) is 2.66. The summed E-state index contributed by atoms with van der Waals surface area (Å²) in [6.45, 7) is 5.83. The van der Waals surface area contributed by atoms with Gasteiger partial charge in [-0.3, -0.25) is 0 Å². The van der Waals surface area contributed by atoms with Gasteiger partial charge in [0.25, 0.3) is 0 Å². The molecule has 1 saturated carbocycles. The molecule has 2 N–H and O–H groups in total. The monoisotopic (exact) mass is 372 g/mol. The Hall–Kier alpha value is -2.18. The van der Waals surface area contributed by atoms with E-state index < -0.39 is 23.7 Å². The van der Waals surface area contributed by atoms with Crippen LogP contribution in [-0.4, -0.2) is 44.2 Å². The van der Waals surface area contributed by atoms with Crippen molar-refractivity contribution in [3.63, 3.8) is 0 Å². The zero-order valence-corrected chi connectivity index (χ0v) is 16.4. The third kappa shape index (κ3) is 7.93. The summed E-state index contributed by atoms with van der Waals surface area (Å²) in [6, 6.07) is 6.56. The second-order valence-electron chi connectivity index (χ2n) is 7.88. The zero-order valence-electron chi connectivity index (χ0n) is 16.4. The van der Waals surface area contributed by atoms with Crippen molar-refractivity contribution in [1.29, 1.82) is 0 Å². The van der Waals surface area contributed by atoms with E-state index in [4.69, 9.17) is 17.3 Å². The Morgan fingerprint density at radius 2 is 1.81 bits per heavy atom. The maximum Gasteiger partial charge on any atom is 0.408 e. The first-order valence-corrected chi connectivity index (χ1v) is 9.52. The summed E-state index contributed by atoms with van der Waals surface area (Å²) in [5.41, 5.74) is 0.946. The highest BCUT2D eigenvalue weighted by atomic mass is 16.6. The summed E-state index contributed by atoms with van der Waals surface area (Å²) in [6.07, 6.45) is 3.62.